The first-order chi connectivity index (χ1) is 13.2. The quantitative estimate of drug-likeness (QED) is 0.355. The number of aromatic nitrogens is 2. The molecule has 0 radical (unpaired) electrons. The van der Waals surface area contributed by atoms with Crippen molar-refractivity contribution in [2.45, 2.75) is 10.9 Å². The Morgan fingerprint density at radius 1 is 1.15 bits per heavy atom. The van der Waals surface area contributed by atoms with Crippen molar-refractivity contribution in [3.8, 4) is 11.4 Å². The van der Waals surface area contributed by atoms with Gasteiger partial charge in [0.1, 0.15) is 16.3 Å². The zero-order valence-electron chi connectivity index (χ0n) is 14.4. The van der Waals surface area contributed by atoms with Gasteiger partial charge in [-0.25, -0.2) is 9.37 Å². The van der Waals surface area contributed by atoms with E-state index in [-0.39, 0.29) is 11.4 Å². The molecule has 27 heavy (non-hydrogen) atoms. The number of methoxy groups -OCH3 is 1. The summed E-state index contributed by atoms with van der Waals surface area (Å²) in [6.07, 6.45) is 0. The molecule has 0 aliphatic rings. The lowest BCUT2D eigenvalue weighted by atomic mass is 10.2. The molecule has 0 fully saturated rings. The zero-order valence-corrected chi connectivity index (χ0v) is 16.0. The first-order valence-corrected chi connectivity index (χ1v) is 10.0. The van der Waals surface area contributed by atoms with Crippen LogP contribution in [0.25, 0.3) is 15.9 Å². The second kappa shape index (κ2) is 7.54. The molecule has 0 aliphatic carbocycles. The highest BCUT2D eigenvalue weighted by Crippen LogP contribution is 2.27. The maximum absolute atomic E-state index is 14.0. The lowest BCUT2D eigenvalue weighted by Gasteiger charge is -2.12. The highest BCUT2D eigenvalue weighted by molar-refractivity contribution is 7.98. The Hall–Kier alpha value is -2.64. The van der Waals surface area contributed by atoms with Gasteiger partial charge in [0.15, 0.2) is 5.16 Å². The van der Waals surface area contributed by atoms with Crippen LogP contribution in [0.3, 0.4) is 0 Å². The highest BCUT2D eigenvalue weighted by Gasteiger charge is 2.15. The van der Waals surface area contributed by atoms with Crippen molar-refractivity contribution >= 4 is 33.3 Å². The molecule has 0 saturated carbocycles. The minimum absolute atomic E-state index is 0.129. The summed E-state index contributed by atoms with van der Waals surface area (Å²) in [7, 11) is 1.59. The van der Waals surface area contributed by atoms with Crippen LogP contribution in [-0.2, 0) is 5.75 Å². The number of nitrogens with zero attached hydrogens (tertiary/aromatic N) is 2. The first-order valence-electron chi connectivity index (χ1n) is 8.18. The monoisotopic (exact) mass is 398 g/mol. The molecule has 0 unspecified atom stereocenters. The third kappa shape index (κ3) is 3.48. The van der Waals surface area contributed by atoms with Crippen LogP contribution in [0, 0.1) is 5.82 Å². The Bertz CT molecular complexity index is 1150. The van der Waals surface area contributed by atoms with Crippen LogP contribution in [-0.4, -0.2) is 16.7 Å². The van der Waals surface area contributed by atoms with Crippen molar-refractivity contribution in [3.63, 3.8) is 0 Å². The number of hydrogen-bond acceptors (Lipinski definition) is 5. The predicted molar refractivity (Wildman–Crippen MR) is 108 cm³/mol. The van der Waals surface area contributed by atoms with E-state index >= 15 is 0 Å². The van der Waals surface area contributed by atoms with Crippen molar-refractivity contribution in [1.29, 1.82) is 0 Å². The Morgan fingerprint density at radius 2 is 1.93 bits per heavy atom. The molecule has 0 aliphatic heterocycles. The smallest absolute Gasteiger partial charge is 0.276 e. The van der Waals surface area contributed by atoms with Crippen LogP contribution in [0.2, 0.25) is 0 Å². The molecule has 2 aromatic carbocycles. The maximum Gasteiger partial charge on any atom is 0.276 e. The average Bonchev–Trinajstić information content (AvgIpc) is 3.17. The molecular weight excluding hydrogens is 383 g/mol. The van der Waals surface area contributed by atoms with Crippen molar-refractivity contribution in [1.82, 2.24) is 9.55 Å². The second-order valence-corrected chi connectivity index (χ2v) is 7.61. The average molecular weight is 398 g/mol. The molecular formula is C20H15FN2O2S2. The van der Waals surface area contributed by atoms with E-state index in [0.29, 0.717) is 38.1 Å². The lowest BCUT2D eigenvalue weighted by molar-refractivity contribution is 0.414. The molecule has 4 nitrogen and oxygen atoms in total. The topological polar surface area (TPSA) is 44.1 Å². The summed E-state index contributed by atoms with van der Waals surface area (Å²) < 4.78 is 21.3. The number of ether oxygens (including phenoxy) is 1. The van der Waals surface area contributed by atoms with Crippen molar-refractivity contribution in [2.75, 3.05) is 7.11 Å². The summed E-state index contributed by atoms with van der Waals surface area (Å²) in [5, 5.41) is 2.38. The van der Waals surface area contributed by atoms with E-state index in [9.17, 15) is 9.18 Å². The molecule has 0 amide bonds. The fourth-order valence-corrected chi connectivity index (χ4v) is 4.46. The van der Waals surface area contributed by atoms with E-state index in [2.05, 4.69) is 4.98 Å². The largest absolute Gasteiger partial charge is 0.497 e. The first kappa shape index (κ1) is 17.8. The third-order valence-electron chi connectivity index (χ3n) is 4.09. The fraction of sp³-hybridized carbons (Fsp3) is 0.100. The molecule has 4 rings (SSSR count). The van der Waals surface area contributed by atoms with E-state index < -0.39 is 0 Å². The van der Waals surface area contributed by atoms with Crippen LogP contribution in [0.15, 0.2) is 69.9 Å². The number of benzene rings is 2. The second-order valence-electron chi connectivity index (χ2n) is 5.75. The summed E-state index contributed by atoms with van der Waals surface area (Å²) in [4.78, 5) is 17.7. The standard InChI is InChI=1S/C20H15FN2O2S2/c1-25-15-8-6-14(7-9-15)23-19(24)18-17(10-11-26-18)22-20(23)27-12-13-4-2-3-5-16(13)21/h2-11H,12H2,1H3. The lowest BCUT2D eigenvalue weighted by Crippen LogP contribution is -2.20. The number of rotatable bonds is 5. The Balaban J connectivity index is 1.80. The van der Waals surface area contributed by atoms with E-state index in [0.717, 1.165) is 0 Å². The molecule has 0 atom stereocenters. The maximum atomic E-state index is 14.0. The molecule has 136 valence electrons. The number of halogens is 1. The summed E-state index contributed by atoms with van der Waals surface area (Å²) in [6, 6.07) is 15.7. The minimum atomic E-state index is -0.264. The summed E-state index contributed by atoms with van der Waals surface area (Å²) in [5.74, 6) is 0.822. The molecule has 0 spiro atoms. The van der Waals surface area contributed by atoms with E-state index in [1.54, 1.807) is 42.0 Å². The van der Waals surface area contributed by atoms with Gasteiger partial charge in [-0.3, -0.25) is 9.36 Å². The van der Waals surface area contributed by atoms with Crippen LogP contribution < -0.4 is 10.3 Å². The van der Waals surface area contributed by atoms with Gasteiger partial charge in [-0.2, -0.15) is 0 Å². The van der Waals surface area contributed by atoms with Gasteiger partial charge < -0.3 is 4.74 Å². The number of thioether (sulfide) groups is 1. The van der Waals surface area contributed by atoms with Crippen LogP contribution >= 0.6 is 23.1 Å². The molecule has 0 saturated heterocycles. The minimum Gasteiger partial charge on any atom is -0.497 e. The van der Waals surface area contributed by atoms with Crippen LogP contribution in [0.4, 0.5) is 4.39 Å². The summed E-state index contributed by atoms with van der Waals surface area (Å²) >= 11 is 2.70. The Kier molecular flexibility index (Phi) is 4.96. The summed E-state index contributed by atoms with van der Waals surface area (Å²) in [6.45, 7) is 0. The Morgan fingerprint density at radius 3 is 2.67 bits per heavy atom. The van der Waals surface area contributed by atoms with Crippen LogP contribution in [0.1, 0.15) is 5.56 Å². The fourth-order valence-electron chi connectivity index (χ4n) is 2.71. The predicted octanol–water partition coefficient (Wildman–Crippen LogP) is 4.89. The highest BCUT2D eigenvalue weighted by atomic mass is 32.2. The van der Waals surface area contributed by atoms with Gasteiger partial charge in [0.2, 0.25) is 0 Å². The van der Waals surface area contributed by atoms with Gasteiger partial charge in [0, 0.05) is 5.75 Å². The molecule has 2 heterocycles. The summed E-state index contributed by atoms with van der Waals surface area (Å²) in [5.41, 5.74) is 1.80. The zero-order chi connectivity index (χ0) is 18.8. The SMILES string of the molecule is COc1ccc(-n2c(SCc3ccccc3F)nc3ccsc3c2=O)cc1. The van der Waals surface area contributed by atoms with E-state index in [4.69, 9.17) is 4.74 Å². The van der Waals surface area contributed by atoms with Gasteiger partial charge >= 0.3 is 0 Å². The molecule has 2 aromatic heterocycles. The number of thiophene rings is 1. The van der Waals surface area contributed by atoms with Gasteiger partial charge in [-0.1, -0.05) is 30.0 Å². The molecule has 0 bridgehead atoms. The number of fused-ring (bicyclic) bond motifs is 1. The van der Waals surface area contributed by atoms with Crippen molar-refractivity contribution < 1.29 is 9.13 Å². The third-order valence-corrected chi connectivity index (χ3v) is 5.97. The van der Waals surface area contributed by atoms with Crippen molar-refractivity contribution in [3.05, 3.63) is 81.7 Å². The van der Waals surface area contributed by atoms with E-state index in [1.807, 2.05) is 23.6 Å². The van der Waals surface area contributed by atoms with Gasteiger partial charge in [0.05, 0.1) is 18.3 Å². The van der Waals surface area contributed by atoms with Gasteiger partial charge in [0.25, 0.3) is 5.56 Å². The molecule has 7 heteroatoms. The number of hydrogen-bond donors (Lipinski definition) is 0. The molecule has 4 aromatic rings. The molecule has 0 N–H and O–H groups in total. The Labute approximate surface area is 163 Å². The normalized spacial score (nSPS) is 11.0. The van der Waals surface area contributed by atoms with Crippen molar-refractivity contribution in [2.24, 2.45) is 0 Å². The van der Waals surface area contributed by atoms with Crippen LogP contribution in [0.5, 0.6) is 5.75 Å². The van der Waals surface area contributed by atoms with Gasteiger partial charge in [-0.05, 0) is 47.3 Å². The van der Waals surface area contributed by atoms with E-state index in [1.165, 1.54) is 29.2 Å². The van der Waals surface area contributed by atoms with Gasteiger partial charge in [-0.15, -0.1) is 11.3 Å².